The summed E-state index contributed by atoms with van der Waals surface area (Å²) >= 11 is 1.32. The number of para-hydroxylation sites is 1. The lowest BCUT2D eigenvalue weighted by Crippen LogP contribution is -2.26. The number of fused-ring (bicyclic) bond motifs is 1. The second-order valence-electron chi connectivity index (χ2n) is 6.40. The fourth-order valence-corrected chi connectivity index (χ4v) is 3.74. The number of anilines is 2. The second kappa shape index (κ2) is 7.80. The number of thioether (sulfide) groups is 1. The van der Waals surface area contributed by atoms with Crippen molar-refractivity contribution >= 4 is 40.6 Å². The van der Waals surface area contributed by atoms with Crippen LogP contribution in [0.15, 0.2) is 58.0 Å². The summed E-state index contributed by atoms with van der Waals surface area (Å²) in [6, 6.07) is 13.1. The summed E-state index contributed by atoms with van der Waals surface area (Å²) in [7, 11) is 0. The molecule has 1 aliphatic heterocycles. The fourth-order valence-electron chi connectivity index (χ4n) is 2.76. The predicted molar refractivity (Wildman–Crippen MR) is 108 cm³/mol. The Morgan fingerprint density at radius 2 is 1.74 bits per heavy atom. The molecule has 0 aromatic heterocycles. The van der Waals surface area contributed by atoms with E-state index in [-0.39, 0.29) is 5.78 Å². The van der Waals surface area contributed by atoms with Crippen molar-refractivity contribution in [1.82, 2.24) is 0 Å². The van der Waals surface area contributed by atoms with Gasteiger partial charge in [-0.3, -0.25) is 14.4 Å². The number of rotatable bonds is 5. The topological polar surface area (TPSA) is 75.3 Å². The Bertz CT molecular complexity index is 979. The average Bonchev–Trinajstić information content (AvgIpc) is 2.64. The molecule has 2 aromatic rings. The van der Waals surface area contributed by atoms with Crippen LogP contribution < -0.4 is 10.6 Å². The van der Waals surface area contributed by atoms with Crippen LogP contribution in [0, 0.1) is 13.8 Å². The molecule has 138 valence electrons. The summed E-state index contributed by atoms with van der Waals surface area (Å²) in [5, 5.41) is 5.78. The predicted octanol–water partition coefficient (Wildman–Crippen LogP) is 4.22. The summed E-state index contributed by atoms with van der Waals surface area (Å²) in [5.74, 6) is -1.88. The first-order valence-corrected chi connectivity index (χ1v) is 9.37. The number of carbonyl (C=O) groups excluding carboxylic acids is 3. The zero-order valence-corrected chi connectivity index (χ0v) is 16.2. The van der Waals surface area contributed by atoms with Crippen LogP contribution in [0.4, 0.5) is 11.4 Å². The molecule has 2 aromatic carbocycles. The maximum absolute atomic E-state index is 12.6. The first-order valence-electron chi connectivity index (χ1n) is 8.55. The Kier molecular flexibility index (Phi) is 5.46. The minimum atomic E-state index is -0.774. The van der Waals surface area contributed by atoms with E-state index >= 15 is 0 Å². The van der Waals surface area contributed by atoms with Crippen molar-refractivity contribution < 1.29 is 14.4 Å². The van der Waals surface area contributed by atoms with Crippen molar-refractivity contribution in [3.8, 4) is 0 Å². The molecule has 0 spiro atoms. The number of amides is 1. The highest BCUT2D eigenvalue weighted by molar-refractivity contribution is 8.04. The summed E-state index contributed by atoms with van der Waals surface area (Å²) in [6.07, 6.45) is -0.458. The monoisotopic (exact) mass is 380 g/mol. The van der Waals surface area contributed by atoms with Crippen LogP contribution in [0.5, 0.6) is 0 Å². The van der Waals surface area contributed by atoms with Crippen LogP contribution in [0.25, 0.3) is 0 Å². The van der Waals surface area contributed by atoms with Crippen molar-refractivity contribution in [3.05, 3.63) is 64.2 Å². The fraction of sp³-hybridized carbons (Fsp3) is 0.190. The van der Waals surface area contributed by atoms with Gasteiger partial charge in [0.15, 0.2) is 5.78 Å². The molecule has 2 N–H and O–H groups in total. The maximum Gasteiger partial charge on any atom is 0.292 e. The molecule has 5 nitrogen and oxygen atoms in total. The van der Waals surface area contributed by atoms with E-state index in [4.69, 9.17) is 0 Å². The Hall–Kier alpha value is -2.86. The second-order valence-corrected chi connectivity index (χ2v) is 7.45. The average molecular weight is 380 g/mol. The zero-order valence-electron chi connectivity index (χ0n) is 15.4. The summed E-state index contributed by atoms with van der Waals surface area (Å²) in [6.45, 7) is 5.59. The molecule has 0 atom stereocenters. The van der Waals surface area contributed by atoms with Gasteiger partial charge in [-0.1, -0.05) is 36.0 Å². The Morgan fingerprint density at radius 3 is 2.52 bits per heavy atom. The van der Waals surface area contributed by atoms with Gasteiger partial charge in [-0.15, -0.1) is 0 Å². The minimum Gasteiger partial charge on any atom is -0.357 e. The third kappa shape index (κ3) is 4.11. The number of nitrogens with one attached hydrogen (secondary N) is 2. The van der Waals surface area contributed by atoms with Crippen molar-refractivity contribution in [2.45, 2.75) is 32.1 Å². The van der Waals surface area contributed by atoms with Crippen molar-refractivity contribution in [3.63, 3.8) is 0 Å². The molecule has 0 unspecified atom stereocenters. The smallest absolute Gasteiger partial charge is 0.292 e. The van der Waals surface area contributed by atoms with Gasteiger partial charge in [-0.05, 0) is 50.1 Å². The zero-order chi connectivity index (χ0) is 19.6. The highest BCUT2D eigenvalue weighted by atomic mass is 32.2. The number of carbonyl (C=O) groups is 3. The summed E-state index contributed by atoms with van der Waals surface area (Å²) in [4.78, 5) is 38.4. The molecule has 1 heterocycles. The molecule has 0 saturated heterocycles. The lowest BCUT2D eigenvalue weighted by molar-refractivity contribution is -0.136. The highest BCUT2D eigenvalue weighted by Gasteiger charge is 2.25. The third-order valence-electron chi connectivity index (χ3n) is 4.44. The van der Waals surface area contributed by atoms with Gasteiger partial charge in [0.1, 0.15) is 0 Å². The number of ketones is 2. The van der Waals surface area contributed by atoms with E-state index in [0.717, 1.165) is 21.7 Å². The normalized spacial score (nSPS) is 12.9. The Morgan fingerprint density at radius 1 is 1.00 bits per heavy atom. The molecule has 3 rings (SSSR count). The highest BCUT2D eigenvalue weighted by Crippen LogP contribution is 2.40. The molecule has 0 bridgehead atoms. The van der Waals surface area contributed by atoms with Crippen molar-refractivity contribution in [1.29, 1.82) is 0 Å². The number of aryl methyl sites for hydroxylation is 1. The lowest BCUT2D eigenvalue weighted by Gasteiger charge is -2.21. The van der Waals surface area contributed by atoms with E-state index in [1.54, 1.807) is 13.0 Å². The number of hydrogen-bond acceptors (Lipinski definition) is 5. The first kappa shape index (κ1) is 18.9. The van der Waals surface area contributed by atoms with Gasteiger partial charge in [-0.25, -0.2) is 0 Å². The molecule has 1 amide bonds. The molecule has 1 aliphatic rings. The standard InChI is InChI=1S/C21H20N2O3S/c1-12-7-6-9-15(13(12)2)23-21(26)18(25)11-17(24)20-14(3)22-16-8-4-5-10-19(16)27-20/h4-10,22H,11H2,1-3H3,(H,23,26). The molecule has 0 aliphatic carbocycles. The van der Waals surface area contributed by atoms with Gasteiger partial charge in [-0.2, -0.15) is 0 Å². The van der Waals surface area contributed by atoms with E-state index in [9.17, 15) is 14.4 Å². The van der Waals surface area contributed by atoms with E-state index in [2.05, 4.69) is 10.6 Å². The van der Waals surface area contributed by atoms with Gasteiger partial charge in [0.2, 0.25) is 5.78 Å². The molecule has 0 radical (unpaired) electrons. The van der Waals surface area contributed by atoms with Gasteiger partial charge in [0.25, 0.3) is 5.91 Å². The van der Waals surface area contributed by atoms with E-state index in [1.807, 2.05) is 50.2 Å². The van der Waals surface area contributed by atoms with E-state index in [1.165, 1.54) is 11.8 Å². The van der Waals surface area contributed by atoms with Gasteiger partial charge < -0.3 is 10.6 Å². The number of benzene rings is 2. The molecule has 6 heteroatoms. The molecule has 0 fully saturated rings. The molecule has 0 saturated carbocycles. The number of hydrogen-bond donors (Lipinski definition) is 2. The van der Waals surface area contributed by atoms with Crippen molar-refractivity contribution in [2.24, 2.45) is 0 Å². The van der Waals surface area contributed by atoms with Crippen LogP contribution in [-0.4, -0.2) is 17.5 Å². The molecule has 27 heavy (non-hydrogen) atoms. The third-order valence-corrected chi connectivity index (χ3v) is 5.76. The quantitative estimate of drug-likeness (QED) is 0.600. The van der Waals surface area contributed by atoms with Crippen LogP contribution in [0.3, 0.4) is 0 Å². The largest absolute Gasteiger partial charge is 0.357 e. The lowest BCUT2D eigenvalue weighted by atomic mass is 10.1. The number of allylic oxidation sites excluding steroid dienone is 2. The summed E-state index contributed by atoms with van der Waals surface area (Å²) < 4.78 is 0. The van der Waals surface area contributed by atoms with E-state index < -0.39 is 18.1 Å². The SMILES string of the molecule is CC1=C(C(=O)CC(=O)C(=O)Nc2cccc(C)c2C)Sc2ccccc2N1. The van der Waals surface area contributed by atoms with Crippen LogP contribution in [0.2, 0.25) is 0 Å². The summed E-state index contributed by atoms with van der Waals surface area (Å²) in [5.41, 5.74) is 4.11. The Labute approximate surface area is 162 Å². The first-order chi connectivity index (χ1) is 12.9. The van der Waals surface area contributed by atoms with Crippen LogP contribution in [0.1, 0.15) is 24.5 Å². The maximum atomic E-state index is 12.6. The molecular formula is C21H20N2O3S. The number of Topliss-reactive ketones (excluding diaryl/α,β-unsaturated/α-hetero) is 2. The van der Waals surface area contributed by atoms with E-state index in [0.29, 0.717) is 16.3 Å². The van der Waals surface area contributed by atoms with Crippen molar-refractivity contribution in [2.75, 3.05) is 10.6 Å². The van der Waals surface area contributed by atoms with Crippen LogP contribution in [-0.2, 0) is 14.4 Å². The Balaban J connectivity index is 1.68. The van der Waals surface area contributed by atoms with Crippen LogP contribution >= 0.6 is 11.8 Å². The van der Waals surface area contributed by atoms with Gasteiger partial charge in [0, 0.05) is 16.3 Å². The van der Waals surface area contributed by atoms with Gasteiger partial charge >= 0.3 is 0 Å². The molecular weight excluding hydrogens is 360 g/mol. The van der Waals surface area contributed by atoms with Gasteiger partial charge in [0.05, 0.1) is 17.0 Å². The minimum absolute atomic E-state index is 0.361.